The summed E-state index contributed by atoms with van der Waals surface area (Å²) in [7, 11) is 0. The molecule has 0 saturated carbocycles. The van der Waals surface area contributed by atoms with Crippen LogP contribution in [0.5, 0.6) is 0 Å². The van der Waals surface area contributed by atoms with Crippen molar-refractivity contribution in [3.05, 3.63) is 27.3 Å². The lowest BCUT2D eigenvalue weighted by atomic mass is 10.4. The summed E-state index contributed by atoms with van der Waals surface area (Å²) in [6, 6.07) is 0. The number of halogens is 2. The number of nitrogens with two attached hydrogens (primary N) is 1. The number of hydrogen-bond donors (Lipinski definition) is 2. The predicted molar refractivity (Wildman–Crippen MR) is 74.5 cm³/mol. The molecule has 10 heteroatoms. The number of rotatable bonds is 4. The van der Waals surface area contributed by atoms with Gasteiger partial charge in [-0.15, -0.1) is 5.10 Å². The molecule has 0 unspecified atom stereocenters. The molecule has 2 aromatic heterocycles. The first-order chi connectivity index (χ1) is 9.10. The molecule has 2 aromatic rings. The van der Waals surface area contributed by atoms with Crippen LogP contribution in [0, 0.1) is 0 Å². The van der Waals surface area contributed by atoms with E-state index < -0.39 is 5.91 Å². The van der Waals surface area contributed by atoms with E-state index in [9.17, 15) is 4.79 Å². The van der Waals surface area contributed by atoms with E-state index in [0.717, 1.165) is 0 Å². The van der Waals surface area contributed by atoms with Crippen LogP contribution < -0.4 is 11.1 Å². The molecule has 2 rings (SSSR count). The summed E-state index contributed by atoms with van der Waals surface area (Å²) in [4.78, 5) is 20.0. The largest absolute Gasteiger partial charge is 0.329 e. The molecule has 100 valence electrons. The van der Waals surface area contributed by atoms with E-state index in [4.69, 9.17) is 5.73 Å². The minimum absolute atomic E-state index is 0.185. The molecule has 19 heavy (non-hydrogen) atoms. The zero-order valence-electron chi connectivity index (χ0n) is 9.55. The standard InChI is InChI=1S/C9H9Br2N7O/c10-6-3-13-8(7(11)14-6)15-9(19)5-4-18(2-1-12)17-16-5/h3-4H,1-2,12H2,(H,13,15,19). The van der Waals surface area contributed by atoms with Crippen molar-refractivity contribution in [2.24, 2.45) is 5.73 Å². The second kappa shape index (κ2) is 6.17. The third-order valence-corrected chi connectivity index (χ3v) is 3.00. The van der Waals surface area contributed by atoms with Crippen molar-refractivity contribution >= 4 is 43.6 Å². The average molecular weight is 391 g/mol. The minimum atomic E-state index is -0.416. The first-order valence-corrected chi connectivity index (χ1v) is 6.78. The van der Waals surface area contributed by atoms with Gasteiger partial charge in [0.1, 0.15) is 9.21 Å². The summed E-state index contributed by atoms with van der Waals surface area (Å²) >= 11 is 6.38. The predicted octanol–water partition coefficient (Wildman–Crippen LogP) is 0.804. The number of aromatic nitrogens is 5. The van der Waals surface area contributed by atoms with Crippen LogP contribution in [0.3, 0.4) is 0 Å². The lowest BCUT2D eigenvalue weighted by molar-refractivity contribution is 0.102. The van der Waals surface area contributed by atoms with Crippen molar-refractivity contribution < 1.29 is 4.79 Å². The van der Waals surface area contributed by atoms with E-state index >= 15 is 0 Å². The van der Waals surface area contributed by atoms with Gasteiger partial charge in [-0.1, -0.05) is 5.21 Å². The van der Waals surface area contributed by atoms with Crippen molar-refractivity contribution in [2.45, 2.75) is 6.54 Å². The Morgan fingerprint density at radius 3 is 2.95 bits per heavy atom. The van der Waals surface area contributed by atoms with Gasteiger partial charge in [0.15, 0.2) is 11.5 Å². The summed E-state index contributed by atoms with van der Waals surface area (Å²) in [6.45, 7) is 0.927. The topological polar surface area (TPSA) is 112 Å². The maximum Gasteiger partial charge on any atom is 0.279 e. The molecule has 0 spiro atoms. The maximum atomic E-state index is 11.9. The Balaban J connectivity index is 2.11. The number of amides is 1. The summed E-state index contributed by atoms with van der Waals surface area (Å²) < 4.78 is 2.48. The third kappa shape index (κ3) is 3.55. The van der Waals surface area contributed by atoms with Gasteiger partial charge in [0.25, 0.3) is 5.91 Å². The second-order valence-electron chi connectivity index (χ2n) is 3.44. The summed E-state index contributed by atoms with van der Waals surface area (Å²) in [6.07, 6.45) is 2.99. The van der Waals surface area contributed by atoms with Gasteiger partial charge < -0.3 is 11.1 Å². The first kappa shape index (κ1) is 14.0. The van der Waals surface area contributed by atoms with E-state index in [0.29, 0.717) is 28.1 Å². The Hall–Kier alpha value is -1.39. The molecule has 0 atom stereocenters. The molecule has 0 aromatic carbocycles. The van der Waals surface area contributed by atoms with Crippen LogP contribution in [0.4, 0.5) is 5.82 Å². The van der Waals surface area contributed by atoms with E-state index in [1.807, 2.05) is 0 Å². The lowest BCUT2D eigenvalue weighted by Crippen LogP contribution is -2.14. The summed E-state index contributed by atoms with van der Waals surface area (Å²) in [5.41, 5.74) is 5.57. The van der Waals surface area contributed by atoms with Crippen LogP contribution >= 0.6 is 31.9 Å². The highest BCUT2D eigenvalue weighted by molar-refractivity contribution is 9.11. The Labute approximate surface area is 125 Å². The Bertz CT molecular complexity index is 600. The monoisotopic (exact) mass is 389 g/mol. The fraction of sp³-hybridized carbons (Fsp3) is 0.222. The van der Waals surface area contributed by atoms with Crippen molar-refractivity contribution in [1.29, 1.82) is 0 Å². The maximum absolute atomic E-state index is 11.9. The van der Waals surface area contributed by atoms with Crippen molar-refractivity contribution in [1.82, 2.24) is 25.0 Å². The molecule has 0 aliphatic heterocycles. The number of anilines is 1. The number of hydrogen-bond acceptors (Lipinski definition) is 6. The number of nitrogens with one attached hydrogen (secondary N) is 1. The summed E-state index contributed by atoms with van der Waals surface area (Å²) in [5.74, 6) is -0.109. The van der Waals surface area contributed by atoms with E-state index in [1.54, 1.807) is 0 Å². The molecule has 0 fully saturated rings. The number of carbonyl (C=O) groups excluding carboxylic acids is 1. The van der Waals surface area contributed by atoms with Gasteiger partial charge in [-0.05, 0) is 31.9 Å². The van der Waals surface area contributed by atoms with Gasteiger partial charge in [-0.25, -0.2) is 9.97 Å². The van der Waals surface area contributed by atoms with Crippen LogP contribution in [-0.4, -0.2) is 37.4 Å². The number of carbonyl (C=O) groups is 1. The Kier molecular flexibility index (Phi) is 4.56. The van der Waals surface area contributed by atoms with Gasteiger partial charge in [0, 0.05) is 6.54 Å². The highest BCUT2D eigenvalue weighted by atomic mass is 79.9. The molecule has 1 amide bonds. The van der Waals surface area contributed by atoms with Gasteiger partial charge in [-0.2, -0.15) is 0 Å². The average Bonchev–Trinajstić information content (AvgIpc) is 2.82. The van der Waals surface area contributed by atoms with Crippen LogP contribution in [0.1, 0.15) is 10.5 Å². The molecule has 2 heterocycles. The fourth-order valence-electron chi connectivity index (χ4n) is 1.25. The molecule has 3 N–H and O–H groups in total. The first-order valence-electron chi connectivity index (χ1n) is 5.19. The molecule has 0 radical (unpaired) electrons. The van der Waals surface area contributed by atoms with E-state index in [1.165, 1.54) is 17.1 Å². The molecule has 0 bridgehead atoms. The quantitative estimate of drug-likeness (QED) is 0.798. The second-order valence-corrected chi connectivity index (χ2v) is 5.01. The van der Waals surface area contributed by atoms with Crippen molar-refractivity contribution in [2.75, 3.05) is 11.9 Å². The van der Waals surface area contributed by atoms with Crippen LogP contribution in [0.2, 0.25) is 0 Å². The van der Waals surface area contributed by atoms with Gasteiger partial charge in [0.05, 0.1) is 18.9 Å². The highest BCUT2D eigenvalue weighted by Crippen LogP contribution is 2.19. The Morgan fingerprint density at radius 2 is 2.26 bits per heavy atom. The molecular formula is C9H9Br2N7O. The highest BCUT2D eigenvalue weighted by Gasteiger charge is 2.14. The van der Waals surface area contributed by atoms with Gasteiger partial charge >= 0.3 is 0 Å². The minimum Gasteiger partial charge on any atom is -0.329 e. The SMILES string of the molecule is NCCn1cc(C(=O)Nc2ncc(Br)nc2Br)nn1. The third-order valence-electron chi connectivity index (χ3n) is 2.06. The Morgan fingerprint density at radius 1 is 1.47 bits per heavy atom. The van der Waals surface area contributed by atoms with Crippen molar-refractivity contribution in [3.63, 3.8) is 0 Å². The molecular weight excluding hydrogens is 382 g/mol. The van der Waals surface area contributed by atoms with E-state index in [-0.39, 0.29) is 5.69 Å². The zero-order chi connectivity index (χ0) is 13.8. The molecule has 0 aliphatic rings. The molecule has 0 saturated heterocycles. The van der Waals surface area contributed by atoms with Crippen LogP contribution in [0.25, 0.3) is 0 Å². The fourth-order valence-corrected chi connectivity index (χ4v) is 2.16. The summed E-state index contributed by atoms with van der Waals surface area (Å²) in [5, 5.41) is 10.1. The number of nitrogens with zero attached hydrogens (tertiary/aromatic N) is 5. The van der Waals surface area contributed by atoms with E-state index in [2.05, 4.69) is 57.5 Å². The lowest BCUT2D eigenvalue weighted by Gasteiger charge is -2.03. The van der Waals surface area contributed by atoms with Gasteiger partial charge in [0.2, 0.25) is 0 Å². The van der Waals surface area contributed by atoms with Crippen LogP contribution in [-0.2, 0) is 6.54 Å². The van der Waals surface area contributed by atoms with Crippen molar-refractivity contribution in [3.8, 4) is 0 Å². The van der Waals surface area contributed by atoms with Gasteiger partial charge in [-0.3, -0.25) is 9.48 Å². The zero-order valence-corrected chi connectivity index (χ0v) is 12.7. The molecule has 0 aliphatic carbocycles. The van der Waals surface area contributed by atoms with Crippen LogP contribution in [0.15, 0.2) is 21.6 Å². The smallest absolute Gasteiger partial charge is 0.279 e. The molecule has 8 nitrogen and oxygen atoms in total. The normalized spacial score (nSPS) is 10.5.